The van der Waals surface area contributed by atoms with Crippen LogP contribution in [0, 0.1) is 10.8 Å². The number of nitrogens with one attached hydrogen (secondary N) is 2. The Kier molecular flexibility index (Phi) is 14.1. The summed E-state index contributed by atoms with van der Waals surface area (Å²) in [4.78, 5) is 0. The molecule has 0 aliphatic rings. The largest absolute Gasteiger partial charge is 0.439 e. The highest BCUT2D eigenvalue weighted by atomic mass is 32.1. The minimum atomic E-state index is 0.236. The molecule has 8 aromatic carbocycles. The molecule has 5 heterocycles. The molecule has 0 atom stereocenters. The predicted octanol–water partition coefficient (Wildman–Crippen LogP) is 17.1. The second kappa shape index (κ2) is 22.1. The minimum absolute atomic E-state index is 0.236. The zero-order valence-corrected chi connectivity index (χ0v) is 42.8. The van der Waals surface area contributed by atoms with Crippen molar-refractivity contribution in [1.29, 1.82) is 10.8 Å². The van der Waals surface area contributed by atoms with E-state index in [1.165, 1.54) is 5.39 Å². The van der Waals surface area contributed by atoms with Gasteiger partial charge in [0.05, 0.1) is 34.2 Å². The molecule has 0 aliphatic carbocycles. The molecule has 10 heteroatoms. The summed E-state index contributed by atoms with van der Waals surface area (Å²) in [6.45, 7) is 4.00. The number of furan rings is 1. The van der Waals surface area contributed by atoms with Crippen molar-refractivity contribution < 1.29 is 4.42 Å². The highest BCUT2D eigenvalue weighted by molar-refractivity contribution is 7.17. The highest BCUT2D eigenvalue weighted by Crippen LogP contribution is 2.42. The monoisotopic (exact) mass is 1000 g/mol. The molecule has 5 aromatic heterocycles. The third kappa shape index (κ3) is 9.88. The summed E-state index contributed by atoms with van der Waals surface area (Å²) >= 11 is 1.69. The first-order chi connectivity index (χ1) is 37.5. The van der Waals surface area contributed by atoms with Gasteiger partial charge in [0.15, 0.2) is 11.6 Å². The van der Waals surface area contributed by atoms with Crippen LogP contribution in [0.5, 0.6) is 0 Å². The van der Waals surface area contributed by atoms with Crippen LogP contribution in [0.15, 0.2) is 259 Å². The van der Waals surface area contributed by atoms with Crippen molar-refractivity contribution in [3.8, 4) is 60.7 Å². The Morgan fingerprint density at radius 1 is 0.487 bits per heavy atom. The van der Waals surface area contributed by atoms with Crippen LogP contribution >= 0.6 is 11.3 Å². The van der Waals surface area contributed by atoms with Gasteiger partial charge in [-0.15, -0.1) is 10.2 Å². The van der Waals surface area contributed by atoms with Gasteiger partial charge >= 0.3 is 0 Å². The lowest BCUT2D eigenvalue weighted by molar-refractivity contribution is 0.646. The summed E-state index contributed by atoms with van der Waals surface area (Å²) in [6, 6.07) is 79.8. The third-order valence-corrected chi connectivity index (χ3v) is 14.1. The second-order valence-corrected chi connectivity index (χ2v) is 19.0. The maximum Gasteiger partial charge on any atom is 0.214 e. The van der Waals surface area contributed by atoms with E-state index < -0.39 is 0 Å². The molecule has 0 fully saturated rings. The van der Waals surface area contributed by atoms with E-state index in [9.17, 15) is 0 Å². The normalized spacial score (nSPS) is 11.1. The first-order valence-electron chi connectivity index (χ1n) is 25.1. The zero-order valence-electron chi connectivity index (χ0n) is 42.0. The molecule has 2 N–H and O–H groups in total. The fourth-order valence-electron chi connectivity index (χ4n) is 9.33. The van der Waals surface area contributed by atoms with Crippen LogP contribution in [0.1, 0.15) is 31.5 Å². The smallest absolute Gasteiger partial charge is 0.214 e. The number of hydrogen-bond donors (Lipinski definition) is 2. The molecule has 13 aromatic rings. The summed E-state index contributed by atoms with van der Waals surface area (Å²) in [7, 11) is 0. The number of fused-ring (bicyclic) bond motifs is 5. The van der Waals surface area contributed by atoms with Gasteiger partial charge in [-0.25, -0.2) is 4.68 Å². The maximum atomic E-state index is 8.75. The molecule has 0 bridgehead atoms. The Hall–Kier alpha value is -9.77. The van der Waals surface area contributed by atoms with E-state index in [2.05, 4.69) is 140 Å². The molecule has 0 saturated carbocycles. The van der Waals surface area contributed by atoms with Gasteiger partial charge in [-0.05, 0) is 90.2 Å². The number of nitrogens with zero attached hydrogens (tertiary/aromatic N) is 6. The van der Waals surface area contributed by atoms with Gasteiger partial charge in [0.2, 0.25) is 5.71 Å². The fraction of sp³-hybridized carbons (Fsp3) is 0.0455. The van der Waals surface area contributed by atoms with E-state index in [-0.39, 0.29) is 6.42 Å². The topological polar surface area (TPSA) is 114 Å². The van der Waals surface area contributed by atoms with Gasteiger partial charge in [0, 0.05) is 34.0 Å². The molecule has 0 unspecified atom stereocenters. The van der Waals surface area contributed by atoms with Gasteiger partial charge in [-0.3, -0.25) is 9.13 Å². The van der Waals surface area contributed by atoms with Crippen molar-refractivity contribution >= 4 is 55.7 Å². The second-order valence-electron chi connectivity index (χ2n) is 18.0. The number of para-hydroxylation sites is 2. The molecule has 0 radical (unpaired) electrons. The number of rotatable bonds is 11. The lowest BCUT2D eigenvalue weighted by Crippen LogP contribution is -2.13. The maximum absolute atomic E-state index is 8.75. The predicted molar refractivity (Wildman–Crippen MR) is 314 cm³/mol. The summed E-state index contributed by atoms with van der Waals surface area (Å²) in [5.74, 6) is 1.62. The number of benzene rings is 8. The fourth-order valence-corrected chi connectivity index (χ4v) is 10.4. The van der Waals surface area contributed by atoms with Gasteiger partial charge in [0.1, 0.15) is 15.6 Å². The quantitative estimate of drug-likeness (QED) is 0.0992. The van der Waals surface area contributed by atoms with Crippen molar-refractivity contribution in [2.45, 2.75) is 20.3 Å². The van der Waals surface area contributed by atoms with E-state index in [1.807, 2.05) is 147 Å². The number of hydrogen-bond acceptors (Lipinski definition) is 7. The molecule has 0 spiro atoms. The summed E-state index contributed by atoms with van der Waals surface area (Å²) in [5, 5.41) is 36.6. The molecular weight excluding hydrogens is 953 g/mol. The van der Waals surface area contributed by atoms with Crippen LogP contribution in [0.4, 0.5) is 0 Å². The zero-order chi connectivity index (χ0) is 51.8. The van der Waals surface area contributed by atoms with Crippen molar-refractivity contribution in [3.05, 3.63) is 266 Å². The Morgan fingerprint density at radius 2 is 0.974 bits per heavy atom. The van der Waals surface area contributed by atoms with Crippen LogP contribution in [0.2, 0.25) is 0 Å². The molecule has 0 amide bonds. The van der Waals surface area contributed by atoms with E-state index in [1.54, 1.807) is 22.2 Å². The average molecular weight is 1010 g/mol. The van der Waals surface area contributed by atoms with Crippen molar-refractivity contribution in [2.75, 3.05) is 0 Å². The molecule has 0 aliphatic heterocycles. The Bertz CT molecular complexity index is 4010. The third-order valence-electron chi connectivity index (χ3n) is 13.1. The van der Waals surface area contributed by atoms with Crippen LogP contribution in [0.3, 0.4) is 0 Å². The summed E-state index contributed by atoms with van der Waals surface area (Å²) in [6.07, 6.45) is 5.95. The molecule has 0 saturated heterocycles. The molecular formula is C66H52N8OS. The van der Waals surface area contributed by atoms with Crippen LogP contribution in [-0.4, -0.2) is 40.5 Å². The van der Waals surface area contributed by atoms with E-state index in [0.717, 1.165) is 93.9 Å². The first-order valence-corrected chi connectivity index (χ1v) is 25.9. The number of thiophene rings is 1. The molecule has 76 heavy (non-hydrogen) atoms. The Morgan fingerprint density at radius 3 is 1.54 bits per heavy atom. The van der Waals surface area contributed by atoms with Crippen molar-refractivity contribution in [3.63, 3.8) is 0 Å². The molecule has 368 valence electrons. The van der Waals surface area contributed by atoms with E-state index >= 15 is 0 Å². The number of aromatic nitrogens is 6. The highest BCUT2D eigenvalue weighted by Gasteiger charge is 2.23. The lowest BCUT2D eigenvalue weighted by atomic mass is 9.98. The molecule has 9 nitrogen and oxygen atoms in total. The van der Waals surface area contributed by atoms with E-state index in [0.29, 0.717) is 17.1 Å². The van der Waals surface area contributed by atoms with Crippen molar-refractivity contribution in [2.24, 2.45) is 0 Å². The standard InChI is InChI=1S/C32H20N4OS.C30H24N4.C4H8/c1-3-11-21(12-4-1)30-33-34-31(22-13-5-2-6-14-22)36(30)28-20-19-27(38-28)35-25-17-9-7-15-23(25)29-24-16-8-10-18-26(24)37-32(29)35;31-28(24-14-8-3-9-15-24)21-29(32)30-16-17-33-34(30)27-19-25(22-10-4-1-5-11-22)18-26(20-27)23-12-6-2-7-13-23;1-3-4-2/h1-20H;1-20,31-32H,21H2;3-4H,1-2H3/b;;4-3-. The minimum Gasteiger partial charge on any atom is -0.439 e. The van der Waals surface area contributed by atoms with Gasteiger partial charge in [-0.1, -0.05) is 212 Å². The Labute approximate surface area is 445 Å². The van der Waals surface area contributed by atoms with Crippen molar-refractivity contribution in [1.82, 2.24) is 29.1 Å². The number of allylic oxidation sites excluding steroid dienone is 2. The first kappa shape index (κ1) is 48.5. The van der Waals surface area contributed by atoms with Crippen LogP contribution in [0.25, 0.3) is 93.7 Å². The average Bonchev–Trinajstić information content (AvgIpc) is 4.38. The van der Waals surface area contributed by atoms with Gasteiger partial charge in [-0.2, -0.15) is 5.10 Å². The van der Waals surface area contributed by atoms with Gasteiger partial charge < -0.3 is 15.2 Å². The van der Waals surface area contributed by atoms with E-state index in [4.69, 9.17) is 15.2 Å². The Balaban J connectivity index is 0.000000153. The van der Waals surface area contributed by atoms with Crippen LogP contribution < -0.4 is 0 Å². The summed E-state index contributed by atoms with van der Waals surface area (Å²) in [5.41, 5.74) is 12.5. The van der Waals surface area contributed by atoms with Gasteiger partial charge in [0.25, 0.3) is 0 Å². The molecule has 13 rings (SSSR count). The van der Waals surface area contributed by atoms with Crippen LogP contribution in [-0.2, 0) is 0 Å². The summed E-state index contributed by atoms with van der Waals surface area (Å²) < 4.78 is 12.6. The SMILES string of the molecule is C/C=C\C.N=C(CC(=N)c1ccnn1-c1cc(-c2ccccc2)cc(-c2ccccc2)c1)c1ccccc1.c1ccc(-c2nnc(-c3ccccc3)n2-c2ccc(-n3c4ccccc4c4c5ccccc5oc43)s2)cc1. The lowest BCUT2D eigenvalue weighted by Gasteiger charge is -2.14.